The first kappa shape index (κ1) is 15.7. The summed E-state index contributed by atoms with van der Waals surface area (Å²) >= 11 is 0. The van der Waals surface area contributed by atoms with E-state index >= 15 is 0 Å². The van der Waals surface area contributed by atoms with Gasteiger partial charge in [-0.05, 0) is 37.0 Å². The van der Waals surface area contributed by atoms with Gasteiger partial charge in [0.25, 0.3) is 0 Å². The molecule has 1 amide bonds. The van der Waals surface area contributed by atoms with Crippen molar-refractivity contribution in [3.05, 3.63) is 29.8 Å². The second-order valence-electron chi connectivity index (χ2n) is 5.09. The molecule has 0 saturated carbocycles. The molecular formula is C16H26N2O. The summed E-state index contributed by atoms with van der Waals surface area (Å²) in [5, 5.41) is 2.99. The molecule has 1 rings (SSSR count). The van der Waals surface area contributed by atoms with Crippen molar-refractivity contribution in [1.29, 1.82) is 0 Å². The Morgan fingerprint density at radius 1 is 1.16 bits per heavy atom. The van der Waals surface area contributed by atoms with Crippen molar-refractivity contribution in [3.8, 4) is 0 Å². The van der Waals surface area contributed by atoms with Crippen molar-refractivity contribution in [2.24, 2.45) is 11.1 Å². The topological polar surface area (TPSA) is 55.1 Å². The van der Waals surface area contributed by atoms with Crippen molar-refractivity contribution in [3.63, 3.8) is 0 Å². The van der Waals surface area contributed by atoms with Crippen molar-refractivity contribution >= 4 is 11.6 Å². The Kier molecular flexibility index (Phi) is 6.03. The number of hydrogen-bond acceptors (Lipinski definition) is 2. The minimum atomic E-state index is -0.442. The molecule has 0 aromatic heterocycles. The minimum Gasteiger partial charge on any atom is -0.329 e. The highest BCUT2D eigenvalue weighted by atomic mass is 16.2. The van der Waals surface area contributed by atoms with Crippen LogP contribution >= 0.6 is 0 Å². The van der Waals surface area contributed by atoms with Gasteiger partial charge in [0.05, 0.1) is 5.41 Å². The van der Waals surface area contributed by atoms with Gasteiger partial charge < -0.3 is 11.1 Å². The third-order valence-electron chi connectivity index (χ3n) is 3.98. The van der Waals surface area contributed by atoms with Crippen molar-refractivity contribution < 1.29 is 4.79 Å². The molecule has 3 nitrogen and oxygen atoms in total. The summed E-state index contributed by atoms with van der Waals surface area (Å²) in [6, 6.07) is 8.08. The third-order valence-corrected chi connectivity index (χ3v) is 3.98. The fourth-order valence-corrected chi connectivity index (χ4v) is 2.26. The van der Waals surface area contributed by atoms with E-state index in [2.05, 4.69) is 24.4 Å². The highest BCUT2D eigenvalue weighted by molar-refractivity contribution is 5.95. The molecule has 0 fully saturated rings. The SMILES string of the molecule is CCCc1ccc(NC(=O)C(CC)(CC)CN)cc1. The number of anilines is 1. The van der Waals surface area contributed by atoms with Crippen LogP contribution in [0, 0.1) is 5.41 Å². The van der Waals surface area contributed by atoms with Gasteiger partial charge in [-0.15, -0.1) is 0 Å². The smallest absolute Gasteiger partial charge is 0.231 e. The normalized spacial score (nSPS) is 11.4. The Bertz CT molecular complexity index is 385. The first-order valence-corrected chi connectivity index (χ1v) is 7.22. The summed E-state index contributed by atoms with van der Waals surface area (Å²) in [5.74, 6) is 0.0308. The number of nitrogens with one attached hydrogen (secondary N) is 1. The van der Waals surface area contributed by atoms with E-state index in [0.717, 1.165) is 31.4 Å². The molecule has 0 radical (unpaired) electrons. The Labute approximate surface area is 116 Å². The fourth-order valence-electron chi connectivity index (χ4n) is 2.26. The average molecular weight is 262 g/mol. The van der Waals surface area contributed by atoms with Gasteiger partial charge in [0.2, 0.25) is 5.91 Å². The number of aryl methyl sites for hydroxylation is 1. The van der Waals surface area contributed by atoms with Crippen molar-refractivity contribution in [2.45, 2.75) is 46.5 Å². The van der Waals surface area contributed by atoms with Crippen LogP contribution in [0.4, 0.5) is 5.69 Å². The van der Waals surface area contributed by atoms with Crippen LogP contribution in [0.2, 0.25) is 0 Å². The van der Waals surface area contributed by atoms with Crippen LogP contribution in [-0.4, -0.2) is 12.5 Å². The van der Waals surface area contributed by atoms with Crippen LogP contribution in [0.25, 0.3) is 0 Å². The number of rotatable bonds is 7. The fraction of sp³-hybridized carbons (Fsp3) is 0.562. The molecule has 106 valence electrons. The molecule has 0 heterocycles. The second-order valence-corrected chi connectivity index (χ2v) is 5.09. The summed E-state index contributed by atoms with van der Waals surface area (Å²) < 4.78 is 0. The van der Waals surface area contributed by atoms with E-state index in [9.17, 15) is 4.79 Å². The van der Waals surface area contributed by atoms with Crippen molar-refractivity contribution in [2.75, 3.05) is 11.9 Å². The summed E-state index contributed by atoms with van der Waals surface area (Å²) in [4.78, 5) is 12.3. The van der Waals surface area contributed by atoms with Crippen LogP contribution in [0.1, 0.15) is 45.6 Å². The molecule has 0 aliphatic carbocycles. The zero-order valence-corrected chi connectivity index (χ0v) is 12.3. The Hall–Kier alpha value is -1.35. The van der Waals surface area contributed by atoms with Gasteiger partial charge >= 0.3 is 0 Å². The quantitative estimate of drug-likeness (QED) is 0.791. The lowest BCUT2D eigenvalue weighted by Crippen LogP contribution is -2.41. The summed E-state index contributed by atoms with van der Waals surface area (Å²) in [5.41, 5.74) is 7.50. The molecule has 0 atom stereocenters. The lowest BCUT2D eigenvalue weighted by molar-refractivity contribution is -0.125. The van der Waals surface area contributed by atoms with Gasteiger partial charge in [-0.2, -0.15) is 0 Å². The van der Waals surface area contributed by atoms with E-state index in [1.165, 1.54) is 5.56 Å². The molecule has 19 heavy (non-hydrogen) atoms. The third kappa shape index (κ3) is 3.80. The maximum atomic E-state index is 12.3. The molecule has 0 aliphatic heterocycles. The summed E-state index contributed by atoms with van der Waals surface area (Å²) in [7, 11) is 0. The molecule has 0 aliphatic rings. The summed E-state index contributed by atoms with van der Waals surface area (Å²) in [6.07, 6.45) is 3.73. The molecule has 0 spiro atoms. The maximum Gasteiger partial charge on any atom is 0.231 e. The van der Waals surface area contributed by atoms with Gasteiger partial charge in [0, 0.05) is 12.2 Å². The molecule has 0 saturated heterocycles. The van der Waals surface area contributed by atoms with Gasteiger partial charge in [-0.25, -0.2) is 0 Å². The Morgan fingerprint density at radius 2 is 1.74 bits per heavy atom. The molecule has 0 bridgehead atoms. The Balaban J connectivity index is 2.75. The number of hydrogen-bond donors (Lipinski definition) is 2. The molecule has 1 aromatic rings. The van der Waals surface area contributed by atoms with E-state index in [4.69, 9.17) is 5.73 Å². The van der Waals surface area contributed by atoms with Crippen LogP contribution < -0.4 is 11.1 Å². The standard InChI is InChI=1S/C16H26N2O/c1-4-7-13-8-10-14(11-9-13)18-15(19)16(5-2,6-3)12-17/h8-11H,4-7,12,17H2,1-3H3,(H,18,19). The lowest BCUT2D eigenvalue weighted by Gasteiger charge is -2.28. The molecule has 3 N–H and O–H groups in total. The van der Waals surface area contributed by atoms with E-state index in [1.807, 2.05) is 26.0 Å². The summed E-state index contributed by atoms with van der Waals surface area (Å²) in [6.45, 7) is 6.58. The van der Waals surface area contributed by atoms with Gasteiger partial charge in [-0.1, -0.05) is 39.3 Å². The van der Waals surface area contributed by atoms with Gasteiger partial charge in [0.1, 0.15) is 0 Å². The lowest BCUT2D eigenvalue weighted by atomic mass is 9.81. The highest BCUT2D eigenvalue weighted by Crippen LogP contribution is 2.27. The predicted molar refractivity (Wildman–Crippen MR) is 81.1 cm³/mol. The van der Waals surface area contributed by atoms with Crippen molar-refractivity contribution in [1.82, 2.24) is 0 Å². The average Bonchev–Trinajstić information content (AvgIpc) is 2.44. The number of carbonyl (C=O) groups is 1. The Morgan fingerprint density at radius 3 is 2.16 bits per heavy atom. The highest BCUT2D eigenvalue weighted by Gasteiger charge is 2.33. The van der Waals surface area contributed by atoms with E-state index < -0.39 is 5.41 Å². The van der Waals surface area contributed by atoms with Crippen LogP contribution in [0.3, 0.4) is 0 Å². The molecule has 1 aromatic carbocycles. The zero-order chi connectivity index (χ0) is 14.3. The van der Waals surface area contributed by atoms with Crippen LogP contribution in [0.15, 0.2) is 24.3 Å². The maximum absolute atomic E-state index is 12.3. The van der Waals surface area contributed by atoms with E-state index in [-0.39, 0.29) is 5.91 Å². The van der Waals surface area contributed by atoms with E-state index in [0.29, 0.717) is 6.54 Å². The van der Waals surface area contributed by atoms with Gasteiger partial charge in [-0.3, -0.25) is 4.79 Å². The number of benzene rings is 1. The van der Waals surface area contributed by atoms with E-state index in [1.54, 1.807) is 0 Å². The monoisotopic (exact) mass is 262 g/mol. The minimum absolute atomic E-state index is 0.0308. The molecule has 3 heteroatoms. The van der Waals surface area contributed by atoms with Gasteiger partial charge in [0.15, 0.2) is 0 Å². The number of amides is 1. The first-order valence-electron chi connectivity index (χ1n) is 7.22. The molecule has 0 unspecified atom stereocenters. The first-order chi connectivity index (χ1) is 9.11. The van der Waals surface area contributed by atoms with Crippen LogP contribution in [0.5, 0.6) is 0 Å². The molecular weight excluding hydrogens is 236 g/mol. The largest absolute Gasteiger partial charge is 0.329 e. The number of nitrogens with two attached hydrogens (primary N) is 1. The number of carbonyl (C=O) groups excluding carboxylic acids is 1. The predicted octanol–water partition coefficient (Wildman–Crippen LogP) is 3.34. The zero-order valence-electron chi connectivity index (χ0n) is 12.3. The second kappa shape index (κ2) is 7.29. The van der Waals surface area contributed by atoms with Crippen LogP contribution in [-0.2, 0) is 11.2 Å².